The number of carbonyl (C=O) groups excluding carboxylic acids is 1. The molecule has 1 aliphatic carbocycles. The number of hydrogen-bond acceptors (Lipinski definition) is 9. The number of aliphatic carboxylic acids is 1. The first-order valence-electron chi connectivity index (χ1n) is 9.46. The zero-order valence-electron chi connectivity index (χ0n) is 16.7. The normalized spacial score (nSPS) is 17.5. The predicted molar refractivity (Wildman–Crippen MR) is 101 cm³/mol. The molecule has 170 valence electrons. The van der Waals surface area contributed by atoms with Gasteiger partial charge < -0.3 is 40.5 Å². The fourth-order valence-electron chi connectivity index (χ4n) is 2.13. The van der Waals surface area contributed by atoms with Crippen molar-refractivity contribution >= 4 is 11.9 Å². The Morgan fingerprint density at radius 2 is 1.18 bits per heavy atom. The van der Waals surface area contributed by atoms with Crippen LogP contribution < -0.4 is 0 Å². The van der Waals surface area contributed by atoms with E-state index in [1.807, 2.05) is 6.92 Å². The van der Waals surface area contributed by atoms with Gasteiger partial charge >= 0.3 is 11.9 Å². The Hall–Kier alpha value is -1.30. The molecule has 1 rings (SSSR count). The minimum atomic E-state index is -0.864. The van der Waals surface area contributed by atoms with Crippen LogP contribution in [0.2, 0.25) is 0 Å². The topological polar surface area (TPSA) is 185 Å². The first-order chi connectivity index (χ1) is 13.4. The molecule has 2 unspecified atom stereocenters. The predicted octanol–water partition coefficient (Wildman–Crippen LogP) is -0.866. The van der Waals surface area contributed by atoms with Crippen molar-refractivity contribution in [3.8, 4) is 0 Å². The molecule has 0 amide bonds. The summed E-state index contributed by atoms with van der Waals surface area (Å²) in [6, 6.07) is 0. The van der Waals surface area contributed by atoms with Crippen molar-refractivity contribution in [2.24, 2.45) is 11.8 Å². The van der Waals surface area contributed by atoms with Crippen LogP contribution in [0.3, 0.4) is 0 Å². The maximum atomic E-state index is 11.7. The molecular formula is C18H38O10. The molecule has 1 fully saturated rings. The standard InChI is InChI=1S/C12H20O4.3C2H6O2/c1-2-3-8-16-12(15)10-7-5-4-6-9(10)11(13)14;3*3-1-2-4/h9-10H,2-8H2,1H3,(H,13,14);3*3-4H,1-2H2. The Kier molecular flexibility index (Phi) is 28.8. The third-order valence-corrected chi connectivity index (χ3v) is 3.43. The van der Waals surface area contributed by atoms with Crippen LogP contribution in [0, 0.1) is 11.8 Å². The highest BCUT2D eigenvalue weighted by Crippen LogP contribution is 2.31. The van der Waals surface area contributed by atoms with Crippen molar-refractivity contribution in [2.75, 3.05) is 46.2 Å². The molecule has 0 aromatic heterocycles. The number of aliphatic hydroxyl groups excluding tert-OH is 6. The smallest absolute Gasteiger partial charge is 0.309 e. The van der Waals surface area contributed by atoms with Gasteiger partial charge in [0.05, 0.1) is 58.1 Å². The van der Waals surface area contributed by atoms with Gasteiger partial charge in [0.15, 0.2) is 0 Å². The molecule has 0 heterocycles. The van der Waals surface area contributed by atoms with E-state index in [1.165, 1.54) is 0 Å². The quantitative estimate of drug-likeness (QED) is 0.194. The largest absolute Gasteiger partial charge is 0.481 e. The number of ether oxygens (including phenoxy) is 1. The van der Waals surface area contributed by atoms with E-state index in [-0.39, 0.29) is 45.6 Å². The van der Waals surface area contributed by atoms with Gasteiger partial charge in [-0.3, -0.25) is 9.59 Å². The van der Waals surface area contributed by atoms with Crippen molar-refractivity contribution in [3.05, 3.63) is 0 Å². The lowest BCUT2D eigenvalue weighted by atomic mass is 9.79. The fraction of sp³-hybridized carbons (Fsp3) is 0.889. The van der Waals surface area contributed by atoms with Crippen LogP contribution in [0.15, 0.2) is 0 Å². The third kappa shape index (κ3) is 21.0. The minimum absolute atomic E-state index is 0.125. The number of rotatable bonds is 8. The summed E-state index contributed by atoms with van der Waals surface area (Å²) in [6.07, 6.45) is 4.90. The van der Waals surface area contributed by atoms with Gasteiger partial charge in [0, 0.05) is 0 Å². The summed E-state index contributed by atoms with van der Waals surface area (Å²) >= 11 is 0. The number of esters is 1. The Morgan fingerprint density at radius 1 is 0.786 bits per heavy atom. The molecule has 1 aliphatic rings. The van der Waals surface area contributed by atoms with Gasteiger partial charge in [-0.05, 0) is 19.3 Å². The molecule has 0 aliphatic heterocycles. The average Bonchev–Trinajstić information content (AvgIpc) is 2.74. The number of unbranched alkanes of at least 4 members (excludes halogenated alkanes) is 1. The average molecular weight is 414 g/mol. The van der Waals surface area contributed by atoms with Crippen LogP contribution in [0.5, 0.6) is 0 Å². The third-order valence-electron chi connectivity index (χ3n) is 3.43. The number of carbonyl (C=O) groups is 2. The van der Waals surface area contributed by atoms with Gasteiger partial charge in [-0.15, -0.1) is 0 Å². The highest BCUT2D eigenvalue weighted by Gasteiger charge is 2.36. The van der Waals surface area contributed by atoms with Gasteiger partial charge in [0.25, 0.3) is 0 Å². The number of carboxylic acid groups (broad SMARTS) is 1. The Morgan fingerprint density at radius 3 is 1.50 bits per heavy atom. The van der Waals surface area contributed by atoms with Gasteiger partial charge in [-0.2, -0.15) is 0 Å². The summed E-state index contributed by atoms with van der Waals surface area (Å²) in [6.45, 7) is 1.69. The van der Waals surface area contributed by atoms with Crippen molar-refractivity contribution in [3.63, 3.8) is 0 Å². The highest BCUT2D eigenvalue weighted by atomic mass is 16.5. The van der Waals surface area contributed by atoms with E-state index in [0.29, 0.717) is 19.4 Å². The lowest BCUT2D eigenvalue weighted by Gasteiger charge is -2.26. The summed E-state index contributed by atoms with van der Waals surface area (Å²) in [5, 5.41) is 54.8. The molecule has 0 spiro atoms. The molecular weight excluding hydrogens is 376 g/mol. The van der Waals surface area contributed by atoms with Crippen LogP contribution in [0.1, 0.15) is 45.4 Å². The van der Waals surface area contributed by atoms with E-state index in [4.69, 9.17) is 40.5 Å². The van der Waals surface area contributed by atoms with Crippen LogP contribution in [-0.2, 0) is 14.3 Å². The Labute approximate surface area is 166 Å². The SMILES string of the molecule is CCCCOC(=O)C1CCCCC1C(=O)O.OCCO.OCCO.OCCO. The van der Waals surface area contributed by atoms with Gasteiger partial charge in [0.1, 0.15) is 0 Å². The first-order valence-corrected chi connectivity index (χ1v) is 9.46. The van der Waals surface area contributed by atoms with E-state index in [0.717, 1.165) is 25.7 Å². The van der Waals surface area contributed by atoms with E-state index in [9.17, 15) is 9.59 Å². The minimum Gasteiger partial charge on any atom is -0.481 e. The molecule has 0 radical (unpaired) electrons. The molecule has 10 heteroatoms. The molecule has 7 N–H and O–H groups in total. The molecule has 1 saturated carbocycles. The van der Waals surface area contributed by atoms with Crippen LogP contribution >= 0.6 is 0 Å². The van der Waals surface area contributed by atoms with E-state index >= 15 is 0 Å². The highest BCUT2D eigenvalue weighted by molar-refractivity contribution is 5.81. The Bertz CT molecular complexity index is 323. The lowest BCUT2D eigenvalue weighted by Crippen LogP contribution is -2.33. The second kappa shape index (κ2) is 25.7. The van der Waals surface area contributed by atoms with E-state index in [2.05, 4.69) is 0 Å². The molecule has 28 heavy (non-hydrogen) atoms. The summed E-state index contributed by atoms with van der Waals surface area (Å²) < 4.78 is 5.10. The van der Waals surface area contributed by atoms with E-state index < -0.39 is 17.8 Å². The number of carboxylic acids is 1. The molecule has 2 atom stereocenters. The summed E-state index contributed by atoms with van der Waals surface area (Å²) in [4.78, 5) is 22.7. The monoisotopic (exact) mass is 414 g/mol. The van der Waals surface area contributed by atoms with Gasteiger partial charge in [0.2, 0.25) is 0 Å². The molecule has 0 bridgehead atoms. The molecule has 10 nitrogen and oxygen atoms in total. The number of aliphatic hydroxyl groups is 6. The van der Waals surface area contributed by atoms with Crippen LogP contribution in [0.25, 0.3) is 0 Å². The zero-order valence-corrected chi connectivity index (χ0v) is 16.7. The van der Waals surface area contributed by atoms with E-state index in [1.54, 1.807) is 0 Å². The van der Waals surface area contributed by atoms with Crippen molar-refractivity contribution in [2.45, 2.75) is 45.4 Å². The summed E-state index contributed by atoms with van der Waals surface area (Å²) in [5.74, 6) is -2.15. The zero-order chi connectivity index (χ0) is 22.2. The maximum absolute atomic E-state index is 11.7. The second-order valence-corrected chi connectivity index (χ2v) is 5.70. The molecule has 0 aromatic rings. The lowest BCUT2D eigenvalue weighted by molar-refractivity contribution is -0.159. The van der Waals surface area contributed by atoms with Crippen molar-refractivity contribution < 1.29 is 50.1 Å². The summed E-state index contributed by atoms with van der Waals surface area (Å²) in [7, 11) is 0. The maximum Gasteiger partial charge on any atom is 0.309 e. The van der Waals surface area contributed by atoms with Crippen molar-refractivity contribution in [1.29, 1.82) is 0 Å². The first kappa shape index (κ1) is 31.4. The van der Waals surface area contributed by atoms with Gasteiger partial charge in [-0.1, -0.05) is 26.2 Å². The van der Waals surface area contributed by atoms with Gasteiger partial charge in [-0.25, -0.2) is 0 Å². The summed E-state index contributed by atoms with van der Waals surface area (Å²) in [5.41, 5.74) is 0. The van der Waals surface area contributed by atoms with Crippen LogP contribution in [0.4, 0.5) is 0 Å². The molecule has 0 saturated heterocycles. The fourth-order valence-corrected chi connectivity index (χ4v) is 2.13. The van der Waals surface area contributed by atoms with Crippen LogP contribution in [-0.4, -0.2) is 93.9 Å². The second-order valence-electron chi connectivity index (χ2n) is 5.70. The van der Waals surface area contributed by atoms with Crippen molar-refractivity contribution in [1.82, 2.24) is 0 Å². The number of hydrogen-bond donors (Lipinski definition) is 7. The molecule has 0 aromatic carbocycles. The Balaban J connectivity index is -0.000000427.